The molecule has 15 heavy (non-hydrogen) atoms. The van der Waals surface area contributed by atoms with Crippen LogP contribution in [0.2, 0.25) is 0 Å². The average molecular weight is 262 g/mol. The summed E-state index contributed by atoms with van der Waals surface area (Å²) in [6.45, 7) is 10.5. The molecule has 7 heteroatoms. The zero-order valence-electron chi connectivity index (χ0n) is 10.4. The van der Waals surface area contributed by atoms with Crippen molar-refractivity contribution in [2.75, 3.05) is 0 Å². The molecule has 0 saturated carbocycles. The summed E-state index contributed by atoms with van der Waals surface area (Å²) in [5, 5.41) is -1.28. The van der Waals surface area contributed by atoms with Gasteiger partial charge in [-0.15, -0.1) is 13.2 Å². The van der Waals surface area contributed by atoms with Gasteiger partial charge in [-0.1, -0.05) is 37.4 Å². The number of carbonyl (C=O) groups is 2. The molecule has 86 valence electrons. The predicted octanol–water partition coefficient (Wildman–Crippen LogP) is -0.509. The first-order valence-corrected chi connectivity index (χ1v) is 4.30. The van der Waals surface area contributed by atoms with Crippen LogP contribution < -0.4 is 41.0 Å². The van der Waals surface area contributed by atoms with Gasteiger partial charge in [0.05, 0.1) is 0 Å². The number of carbonyl (C=O) groups excluding carboxylic acids is 2. The number of amides is 2. The van der Waals surface area contributed by atoms with Crippen LogP contribution in [0.15, 0.2) is 25.3 Å². The topological polar surface area (TPSA) is 86.2 Å². The minimum Gasteiger partial charge on any atom is -1.00 e. The standard InChI is InChI=1S/2C3H6.2CH3NOS.Na.H/c2*1-3-2;2*2-1(3)4;;/h2*3H,1H2,2H3;2*(H3,2,3,4);;/q;;;;+1;-1. The van der Waals surface area contributed by atoms with E-state index in [4.69, 9.17) is 9.59 Å². The van der Waals surface area contributed by atoms with Gasteiger partial charge in [0.1, 0.15) is 0 Å². The average Bonchev–Trinajstić information content (AvgIpc) is 1.85. The largest absolute Gasteiger partial charge is 1.00 e. The molecule has 4 N–H and O–H groups in total. The summed E-state index contributed by atoms with van der Waals surface area (Å²) in [6, 6.07) is 0. The van der Waals surface area contributed by atoms with Gasteiger partial charge in [-0.05, 0) is 13.8 Å². The molecule has 0 aromatic rings. The summed E-state index contributed by atoms with van der Waals surface area (Å²) < 4.78 is 0. The zero-order valence-corrected chi connectivity index (χ0v) is 13.2. The summed E-state index contributed by atoms with van der Waals surface area (Å²) in [5.41, 5.74) is 8.67. The molecule has 0 rings (SSSR count). The van der Waals surface area contributed by atoms with Crippen molar-refractivity contribution in [3.63, 3.8) is 0 Å². The molecule has 0 aromatic carbocycles. The first-order chi connectivity index (χ1) is 6.29. The van der Waals surface area contributed by atoms with Crippen LogP contribution in [-0.2, 0) is 0 Å². The van der Waals surface area contributed by atoms with Crippen molar-refractivity contribution in [3.05, 3.63) is 25.3 Å². The second kappa shape index (κ2) is 36.9. The van der Waals surface area contributed by atoms with Crippen LogP contribution in [0.3, 0.4) is 0 Å². The Morgan fingerprint density at radius 2 is 1.07 bits per heavy atom. The molecule has 0 aliphatic heterocycles. The van der Waals surface area contributed by atoms with E-state index < -0.39 is 10.5 Å². The van der Waals surface area contributed by atoms with Crippen LogP contribution in [0, 0.1) is 0 Å². The number of hydrogen-bond acceptors (Lipinski definition) is 2. The Kier molecular flexibility index (Phi) is 72.3. The van der Waals surface area contributed by atoms with E-state index in [0.29, 0.717) is 0 Å². The van der Waals surface area contributed by atoms with E-state index in [1.807, 2.05) is 13.8 Å². The van der Waals surface area contributed by atoms with E-state index in [2.05, 4.69) is 49.9 Å². The van der Waals surface area contributed by atoms with Crippen LogP contribution in [-0.4, -0.2) is 10.5 Å². The monoisotopic (exact) mass is 262 g/mol. The third-order valence-corrected chi connectivity index (χ3v) is 0. The Balaban J connectivity index is -0.0000000202. The van der Waals surface area contributed by atoms with Crippen molar-refractivity contribution in [1.29, 1.82) is 0 Å². The van der Waals surface area contributed by atoms with Gasteiger partial charge in [0.25, 0.3) is 10.5 Å². The van der Waals surface area contributed by atoms with E-state index in [1.54, 1.807) is 12.2 Å². The molecule has 0 aromatic heterocycles. The Morgan fingerprint density at radius 3 is 1.07 bits per heavy atom. The Hall–Kier alpha value is 0.120. The van der Waals surface area contributed by atoms with Crippen molar-refractivity contribution in [2.45, 2.75) is 13.8 Å². The fourth-order valence-electron chi connectivity index (χ4n) is 0. The Bertz CT molecular complexity index is 146. The van der Waals surface area contributed by atoms with Gasteiger partial charge in [0, 0.05) is 0 Å². The van der Waals surface area contributed by atoms with Crippen molar-refractivity contribution in [3.8, 4) is 0 Å². The van der Waals surface area contributed by atoms with Crippen LogP contribution in [0.25, 0.3) is 0 Å². The molecular formula is C8H19N2NaO2S2. The van der Waals surface area contributed by atoms with Gasteiger partial charge in [0.15, 0.2) is 0 Å². The van der Waals surface area contributed by atoms with Gasteiger partial charge in [-0.2, -0.15) is 0 Å². The summed E-state index contributed by atoms with van der Waals surface area (Å²) in [4.78, 5) is 18.2. The molecule has 4 nitrogen and oxygen atoms in total. The first kappa shape index (κ1) is 29.4. The molecule has 0 fully saturated rings. The van der Waals surface area contributed by atoms with E-state index in [-0.39, 0.29) is 31.0 Å². The Morgan fingerprint density at radius 1 is 1.07 bits per heavy atom. The van der Waals surface area contributed by atoms with E-state index in [9.17, 15) is 0 Å². The van der Waals surface area contributed by atoms with Crippen LogP contribution in [0.4, 0.5) is 9.59 Å². The molecule has 0 atom stereocenters. The molecule has 0 heterocycles. The summed E-state index contributed by atoms with van der Waals surface area (Å²) >= 11 is 6.21. The number of primary amides is 2. The second-order valence-electron chi connectivity index (χ2n) is 1.49. The number of rotatable bonds is 0. The quantitative estimate of drug-likeness (QED) is 0.269. The normalized spacial score (nSPS) is 5.07. The number of nitrogens with two attached hydrogens (primary N) is 2. The Labute approximate surface area is 126 Å². The van der Waals surface area contributed by atoms with Crippen molar-refractivity contribution in [1.82, 2.24) is 0 Å². The molecule has 0 aliphatic rings. The maximum atomic E-state index is 9.09. The third-order valence-electron chi connectivity index (χ3n) is 0. The molecule has 0 aliphatic carbocycles. The fraction of sp³-hybridized carbons (Fsp3) is 0.250. The van der Waals surface area contributed by atoms with Crippen molar-refractivity contribution in [2.24, 2.45) is 11.5 Å². The summed E-state index contributed by atoms with van der Waals surface area (Å²) in [7, 11) is 0. The minimum absolute atomic E-state index is 0. The molecule has 0 saturated heterocycles. The van der Waals surface area contributed by atoms with Gasteiger partial charge < -0.3 is 12.9 Å². The molecule has 2 amide bonds. The maximum Gasteiger partial charge on any atom is 1.00 e. The molecular weight excluding hydrogens is 243 g/mol. The van der Waals surface area contributed by atoms with Crippen LogP contribution in [0.5, 0.6) is 0 Å². The van der Waals surface area contributed by atoms with Crippen LogP contribution >= 0.6 is 25.3 Å². The minimum atomic E-state index is -0.639. The predicted molar refractivity (Wildman–Crippen MR) is 70.0 cm³/mol. The van der Waals surface area contributed by atoms with Crippen molar-refractivity contribution < 1.29 is 40.6 Å². The number of allylic oxidation sites excluding steroid dienone is 2. The van der Waals surface area contributed by atoms with E-state index >= 15 is 0 Å². The number of hydrogen-bond donors (Lipinski definition) is 4. The van der Waals surface area contributed by atoms with Gasteiger partial charge in [-0.3, -0.25) is 9.59 Å². The zero-order chi connectivity index (χ0) is 12.6. The van der Waals surface area contributed by atoms with Gasteiger partial charge in [-0.25, -0.2) is 0 Å². The summed E-state index contributed by atoms with van der Waals surface area (Å²) in [6.07, 6.45) is 3.50. The van der Waals surface area contributed by atoms with Gasteiger partial charge >= 0.3 is 29.6 Å². The molecule has 0 spiro atoms. The van der Waals surface area contributed by atoms with Crippen LogP contribution in [0.1, 0.15) is 15.3 Å². The maximum absolute atomic E-state index is 9.09. The van der Waals surface area contributed by atoms with Gasteiger partial charge in [0.2, 0.25) is 0 Å². The SMILES string of the molecule is C=CC.C=CC.NC(=O)S.NC(=O)S.[H-].[Na+]. The van der Waals surface area contributed by atoms with Crippen molar-refractivity contribution >= 4 is 35.7 Å². The first-order valence-electron chi connectivity index (χ1n) is 3.40. The molecule has 0 unspecified atom stereocenters. The van der Waals surface area contributed by atoms with E-state index in [0.717, 1.165) is 0 Å². The molecule has 0 radical (unpaired) electrons. The smallest absolute Gasteiger partial charge is 1.00 e. The third kappa shape index (κ3) is 144000. The molecule has 0 bridgehead atoms. The fourth-order valence-corrected chi connectivity index (χ4v) is 0. The summed E-state index contributed by atoms with van der Waals surface area (Å²) in [5.74, 6) is 0. The number of thiol groups is 2. The second-order valence-corrected chi connectivity index (χ2v) is 2.37. The van der Waals surface area contributed by atoms with E-state index in [1.165, 1.54) is 0 Å².